The summed E-state index contributed by atoms with van der Waals surface area (Å²) in [6, 6.07) is 3.52. The molecule has 0 bridgehead atoms. The van der Waals surface area contributed by atoms with Gasteiger partial charge in [0.25, 0.3) is 0 Å². The highest BCUT2D eigenvalue weighted by atomic mass is 79.9. The molecular weight excluding hydrogens is 248 g/mol. The number of halogens is 1. The van der Waals surface area contributed by atoms with Crippen molar-refractivity contribution in [1.29, 1.82) is 0 Å². The number of aryl methyl sites for hydroxylation is 1. The Bertz CT molecular complexity index is 385. The van der Waals surface area contributed by atoms with Gasteiger partial charge in [-0.3, -0.25) is 9.59 Å². The summed E-state index contributed by atoms with van der Waals surface area (Å²) in [5.74, 6) is -0.115. The van der Waals surface area contributed by atoms with Crippen molar-refractivity contribution in [3.05, 3.63) is 27.7 Å². The molecule has 0 aliphatic heterocycles. The van der Waals surface area contributed by atoms with Crippen LogP contribution in [-0.2, 0) is 4.79 Å². The minimum absolute atomic E-state index is 0.321. The van der Waals surface area contributed by atoms with E-state index in [0.29, 0.717) is 22.1 Å². The van der Waals surface area contributed by atoms with Gasteiger partial charge < -0.3 is 4.74 Å². The van der Waals surface area contributed by atoms with Gasteiger partial charge >= 0.3 is 5.97 Å². The van der Waals surface area contributed by atoms with E-state index in [2.05, 4.69) is 15.9 Å². The quantitative estimate of drug-likeness (QED) is 0.464. The van der Waals surface area contributed by atoms with E-state index in [1.54, 1.807) is 19.1 Å². The predicted molar refractivity (Wildman–Crippen MR) is 55.6 cm³/mol. The Morgan fingerprint density at radius 1 is 1.50 bits per heavy atom. The fourth-order valence-electron chi connectivity index (χ4n) is 1.07. The molecule has 3 nitrogen and oxygen atoms in total. The van der Waals surface area contributed by atoms with Crippen LogP contribution in [0.15, 0.2) is 16.6 Å². The second kappa shape index (κ2) is 4.37. The Labute approximate surface area is 90.2 Å². The first-order valence-electron chi connectivity index (χ1n) is 3.99. The lowest BCUT2D eigenvalue weighted by Gasteiger charge is -2.08. The molecule has 0 unspecified atom stereocenters. The number of carbonyl (C=O) groups is 2. The lowest BCUT2D eigenvalue weighted by atomic mass is 10.1. The molecule has 0 amide bonds. The van der Waals surface area contributed by atoms with Crippen LogP contribution in [0, 0.1) is 6.92 Å². The second-order valence-corrected chi connectivity index (χ2v) is 3.67. The lowest BCUT2D eigenvalue weighted by Crippen LogP contribution is -2.05. The van der Waals surface area contributed by atoms with Crippen molar-refractivity contribution in [2.75, 3.05) is 0 Å². The summed E-state index contributed by atoms with van der Waals surface area (Å²) in [4.78, 5) is 21.6. The number of hydrogen-bond acceptors (Lipinski definition) is 3. The van der Waals surface area contributed by atoms with Crippen molar-refractivity contribution in [3.8, 4) is 5.75 Å². The molecule has 0 atom stereocenters. The molecule has 74 valence electrons. The minimum atomic E-state index is -0.436. The molecule has 4 heteroatoms. The van der Waals surface area contributed by atoms with Crippen LogP contribution in [0.25, 0.3) is 0 Å². The first kappa shape index (κ1) is 10.9. The largest absolute Gasteiger partial charge is 0.426 e. The predicted octanol–water partition coefficient (Wildman–Crippen LogP) is 2.50. The van der Waals surface area contributed by atoms with Crippen LogP contribution < -0.4 is 4.74 Å². The zero-order valence-corrected chi connectivity index (χ0v) is 9.42. The maximum Gasteiger partial charge on any atom is 0.308 e. The van der Waals surface area contributed by atoms with Crippen LogP contribution in [0.1, 0.15) is 22.8 Å². The third-order valence-corrected chi connectivity index (χ3v) is 2.39. The fraction of sp³-hybridized carbons (Fsp3) is 0.200. The molecule has 0 radical (unpaired) electrons. The number of carbonyl (C=O) groups excluding carboxylic acids is 2. The van der Waals surface area contributed by atoms with E-state index in [0.717, 1.165) is 5.56 Å². The number of aldehydes is 1. The molecule has 14 heavy (non-hydrogen) atoms. The van der Waals surface area contributed by atoms with Gasteiger partial charge in [0, 0.05) is 11.4 Å². The highest BCUT2D eigenvalue weighted by Gasteiger charge is 2.12. The molecule has 0 fully saturated rings. The average molecular weight is 257 g/mol. The van der Waals surface area contributed by atoms with Crippen molar-refractivity contribution >= 4 is 28.2 Å². The molecule has 1 aromatic rings. The molecule has 1 rings (SSSR count). The third-order valence-electron chi connectivity index (χ3n) is 1.70. The number of rotatable bonds is 2. The first-order valence-corrected chi connectivity index (χ1v) is 4.78. The van der Waals surface area contributed by atoms with E-state index in [1.807, 2.05) is 0 Å². The van der Waals surface area contributed by atoms with Gasteiger partial charge in [0.2, 0.25) is 0 Å². The minimum Gasteiger partial charge on any atom is -0.426 e. The second-order valence-electron chi connectivity index (χ2n) is 2.82. The molecule has 0 aliphatic rings. The summed E-state index contributed by atoms with van der Waals surface area (Å²) < 4.78 is 5.57. The summed E-state index contributed by atoms with van der Waals surface area (Å²) in [5, 5.41) is 0. The van der Waals surface area contributed by atoms with Gasteiger partial charge in [-0.25, -0.2) is 0 Å². The number of hydrogen-bond donors (Lipinski definition) is 0. The maximum atomic E-state index is 10.8. The average Bonchev–Trinajstić information content (AvgIpc) is 2.11. The van der Waals surface area contributed by atoms with Gasteiger partial charge in [0.1, 0.15) is 5.75 Å². The summed E-state index contributed by atoms with van der Waals surface area (Å²) in [6.07, 6.45) is 0.662. The van der Waals surface area contributed by atoms with Gasteiger partial charge in [-0.2, -0.15) is 0 Å². The number of esters is 1. The Kier molecular flexibility index (Phi) is 3.41. The third kappa shape index (κ3) is 2.20. The van der Waals surface area contributed by atoms with E-state index in [-0.39, 0.29) is 0 Å². The molecule has 0 aliphatic carbocycles. The van der Waals surface area contributed by atoms with Crippen molar-refractivity contribution in [1.82, 2.24) is 0 Å². The van der Waals surface area contributed by atoms with E-state index in [4.69, 9.17) is 4.74 Å². The molecule has 0 spiro atoms. The summed E-state index contributed by atoms with van der Waals surface area (Å²) in [7, 11) is 0. The lowest BCUT2D eigenvalue weighted by molar-refractivity contribution is -0.131. The molecule has 0 saturated carbocycles. The highest BCUT2D eigenvalue weighted by Crippen LogP contribution is 2.28. The standard InChI is InChI=1S/C10H9BrO3/c1-6-3-4-9(11)8(5-12)10(6)14-7(2)13/h3-5H,1-2H3. The van der Waals surface area contributed by atoms with Crippen molar-refractivity contribution in [2.24, 2.45) is 0 Å². The van der Waals surface area contributed by atoms with Crippen molar-refractivity contribution in [2.45, 2.75) is 13.8 Å². The van der Waals surface area contributed by atoms with Gasteiger partial charge in [0.15, 0.2) is 6.29 Å². The zero-order chi connectivity index (χ0) is 10.7. The maximum absolute atomic E-state index is 10.8. The van der Waals surface area contributed by atoms with Gasteiger partial charge in [0.05, 0.1) is 5.56 Å². The highest BCUT2D eigenvalue weighted by molar-refractivity contribution is 9.10. The topological polar surface area (TPSA) is 43.4 Å². The Morgan fingerprint density at radius 2 is 2.14 bits per heavy atom. The summed E-state index contributed by atoms with van der Waals surface area (Å²) in [5.41, 5.74) is 1.12. The monoisotopic (exact) mass is 256 g/mol. The smallest absolute Gasteiger partial charge is 0.308 e. The normalized spacial score (nSPS) is 9.64. The van der Waals surface area contributed by atoms with Crippen molar-refractivity contribution < 1.29 is 14.3 Å². The molecule has 0 N–H and O–H groups in total. The van der Waals surface area contributed by atoms with Crippen LogP contribution in [0.2, 0.25) is 0 Å². The van der Waals surface area contributed by atoms with Crippen LogP contribution in [0.5, 0.6) is 5.75 Å². The van der Waals surface area contributed by atoms with Crippen LogP contribution >= 0.6 is 15.9 Å². The Morgan fingerprint density at radius 3 is 2.64 bits per heavy atom. The Balaban J connectivity index is 3.29. The molecule has 0 saturated heterocycles. The number of ether oxygens (including phenoxy) is 1. The summed E-state index contributed by atoms with van der Waals surface area (Å²) >= 11 is 3.21. The summed E-state index contributed by atoms with van der Waals surface area (Å²) in [6.45, 7) is 3.08. The van der Waals surface area contributed by atoms with E-state index in [9.17, 15) is 9.59 Å². The fourth-order valence-corrected chi connectivity index (χ4v) is 1.48. The molecule has 0 heterocycles. The van der Waals surface area contributed by atoms with E-state index < -0.39 is 5.97 Å². The zero-order valence-electron chi connectivity index (χ0n) is 7.83. The molecular formula is C10H9BrO3. The van der Waals surface area contributed by atoms with Gasteiger partial charge in [-0.05, 0) is 34.5 Å². The van der Waals surface area contributed by atoms with Gasteiger partial charge in [-0.1, -0.05) is 6.07 Å². The van der Waals surface area contributed by atoms with E-state index in [1.165, 1.54) is 6.92 Å². The molecule has 0 aromatic heterocycles. The number of benzene rings is 1. The Hall–Kier alpha value is -1.16. The van der Waals surface area contributed by atoms with Crippen LogP contribution in [-0.4, -0.2) is 12.3 Å². The van der Waals surface area contributed by atoms with Crippen molar-refractivity contribution in [3.63, 3.8) is 0 Å². The van der Waals surface area contributed by atoms with E-state index >= 15 is 0 Å². The van der Waals surface area contributed by atoms with Crippen LogP contribution in [0.3, 0.4) is 0 Å². The van der Waals surface area contributed by atoms with Crippen LogP contribution in [0.4, 0.5) is 0 Å². The first-order chi connectivity index (χ1) is 6.56. The molecule has 1 aromatic carbocycles. The van der Waals surface area contributed by atoms with Gasteiger partial charge in [-0.15, -0.1) is 0 Å². The SMILES string of the molecule is CC(=O)Oc1c(C)ccc(Br)c1C=O.